The van der Waals surface area contributed by atoms with Crippen LogP contribution in [0.15, 0.2) is 36.5 Å². The van der Waals surface area contributed by atoms with Crippen LogP contribution in [0.3, 0.4) is 0 Å². The smallest absolute Gasteiger partial charge is 0.260 e. The van der Waals surface area contributed by atoms with Gasteiger partial charge in [-0.3, -0.25) is 9.59 Å². The number of hydrogen-bond donors (Lipinski definition) is 2. The number of thiophene rings is 1. The van der Waals surface area contributed by atoms with E-state index in [1.54, 1.807) is 25.2 Å². The summed E-state index contributed by atoms with van der Waals surface area (Å²) < 4.78 is 0. The monoisotopic (exact) mass is 452 g/mol. The highest BCUT2D eigenvalue weighted by atomic mass is 32.1. The number of carbonyl (C=O) groups excluding carboxylic acids is 2. The summed E-state index contributed by atoms with van der Waals surface area (Å²) in [4.78, 5) is 35.4. The topological polar surface area (TPSA) is 109 Å². The first-order chi connectivity index (χ1) is 15.3. The van der Waals surface area contributed by atoms with Gasteiger partial charge in [0.25, 0.3) is 5.91 Å². The van der Waals surface area contributed by atoms with Crippen molar-refractivity contribution in [3.8, 4) is 0 Å². The number of anilines is 3. The van der Waals surface area contributed by atoms with Gasteiger partial charge in [-0.1, -0.05) is 12.1 Å². The van der Waals surface area contributed by atoms with E-state index in [4.69, 9.17) is 11.5 Å². The molecule has 4 N–H and O–H groups in total. The third kappa shape index (κ3) is 4.34. The second-order valence-electron chi connectivity index (χ2n) is 8.18. The lowest BCUT2D eigenvalue weighted by molar-refractivity contribution is -0.127. The Morgan fingerprint density at radius 2 is 1.75 bits per heavy atom. The van der Waals surface area contributed by atoms with Crippen LogP contribution in [-0.2, 0) is 11.2 Å². The molecule has 1 aliphatic heterocycles. The van der Waals surface area contributed by atoms with Crippen LogP contribution in [0.4, 0.5) is 17.1 Å². The Bertz CT molecular complexity index is 1140. The second-order valence-corrected chi connectivity index (χ2v) is 9.18. The number of hydrogen-bond acceptors (Lipinski definition) is 7. The summed E-state index contributed by atoms with van der Waals surface area (Å²) >= 11 is 1.25. The van der Waals surface area contributed by atoms with E-state index < -0.39 is 5.91 Å². The minimum absolute atomic E-state index is 0.0963. The molecule has 0 unspecified atom stereocenters. The van der Waals surface area contributed by atoms with Crippen LogP contribution < -0.4 is 21.3 Å². The van der Waals surface area contributed by atoms with Gasteiger partial charge in [0.1, 0.15) is 9.71 Å². The molecule has 0 aliphatic carbocycles. The van der Waals surface area contributed by atoms with Crippen LogP contribution in [0, 0.1) is 0 Å². The summed E-state index contributed by atoms with van der Waals surface area (Å²) in [6.07, 6.45) is 3.15. The number of rotatable bonds is 5. The number of aromatic nitrogens is 1. The van der Waals surface area contributed by atoms with E-state index in [1.807, 2.05) is 18.2 Å². The molecule has 0 spiro atoms. The zero-order valence-corrected chi connectivity index (χ0v) is 19.2. The van der Waals surface area contributed by atoms with Crippen LogP contribution in [0.2, 0.25) is 0 Å². The number of fused-ring (bicyclic) bond motifs is 1. The Balaban J connectivity index is 1.50. The maximum absolute atomic E-state index is 11.9. The summed E-state index contributed by atoms with van der Waals surface area (Å²) in [5.74, 6) is -0.423. The van der Waals surface area contributed by atoms with Gasteiger partial charge < -0.3 is 26.2 Å². The van der Waals surface area contributed by atoms with Crippen molar-refractivity contribution in [2.24, 2.45) is 5.73 Å². The minimum Gasteiger partial charge on any atom is -0.397 e. The summed E-state index contributed by atoms with van der Waals surface area (Å²) in [5.41, 5.74) is 15.3. The van der Waals surface area contributed by atoms with Crippen molar-refractivity contribution >= 4 is 50.4 Å². The number of nitrogens with two attached hydrogens (primary N) is 2. The van der Waals surface area contributed by atoms with E-state index in [2.05, 4.69) is 26.9 Å². The Kier molecular flexibility index (Phi) is 6.18. The van der Waals surface area contributed by atoms with Crippen LogP contribution in [0.25, 0.3) is 10.2 Å². The molecule has 1 aromatic carbocycles. The molecule has 0 bridgehead atoms. The molecule has 3 aromatic rings. The first kappa shape index (κ1) is 21.9. The molecule has 2 aromatic heterocycles. The van der Waals surface area contributed by atoms with Crippen molar-refractivity contribution in [3.05, 3.63) is 47.0 Å². The maximum Gasteiger partial charge on any atom is 0.260 e. The average molecular weight is 453 g/mol. The highest BCUT2D eigenvalue weighted by Crippen LogP contribution is 2.38. The van der Waals surface area contributed by atoms with Gasteiger partial charge >= 0.3 is 0 Å². The molecule has 1 aliphatic rings. The summed E-state index contributed by atoms with van der Waals surface area (Å²) in [5, 5.41) is 0.815. The number of carbonyl (C=O) groups is 2. The van der Waals surface area contributed by atoms with E-state index in [9.17, 15) is 9.59 Å². The first-order valence-corrected chi connectivity index (χ1v) is 11.4. The SMILES string of the molecule is CN(C)C(=O)Cc1ccc(N2CCCN(c3ccnc4sc(C(N)=O)c(N)c34)CC2)cc1. The molecule has 4 rings (SSSR count). The van der Waals surface area contributed by atoms with Crippen LogP contribution >= 0.6 is 11.3 Å². The summed E-state index contributed by atoms with van der Waals surface area (Å²) in [7, 11) is 3.54. The number of nitrogens with zero attached hydrogens (tertiary/aromatic N) is 4. The highest BCUT2D eigenvalue weighted by Gasteiger charge is 2.22. The van der Waals surface area contributed by atoms with Gasteiger partial charge in [-0.15, -0.1) is 11.3 Å². The Hall–Kier alpha value is -3.33. The van der Waals surface area contributed by atoms with Gasteiger partial charge in [0.05, 0.1) is 23.2 Å². The lowest BCUT2D eigenvalue weighted by Gasteiger charge is -2.25. The van der Waals surface area contributed by atoms with E-state index >= 15 is 0 Å². The van der Waals surface area contributed by atoms with Crippen LogP contribution in [0.5, 0.6) is 0 Å². The lowest BCUT2D eigenvalue weighted by atomic mass is 10.1. The van der Waals surface area contributed by atoms with Crippen molar-refractivity contribution in [2.45, 2.75) is 12.8 Å². The molecule has 9 heteroatoms. The molecular weight excluding hydrogens is 424 g/mol. The fourth-order valence-corrected chi connectivity index (χ4v) is 4.99. The first-order valence-electron chi connectivity index (χ1n) is 10.6. The maximum atomic E-state index is 11.9. The fourth-order valence-electron chi connectivity index (χ4n) is 4.05. The standard InChI is InChI=1S/C23H28N6O2S/c1-27(2)18(30)14-15-4-6-16(7-5-15)28-10-3-11-29(13-12-28)17-8-9-26-23-19(17)20(24)21(32-23)22(25)31/h4-9H,3,10-14,24H2,1-2H3,(H2,25,31). The van der Waals surface area contributed by atoms with Gasteiger partial charge in [0.2, 0.25) is 5.91 Å². The van der Waals surface area contributed by atoms with E-state index in [0.717, 1.165) is 59.8 Å². The van der Waals surface area contributed by atoms with Crippen LogP contribution in [0.1, 0.15) is 21.7 Å². The molecule has 8 nitrogen and oxygen atoms in total. The molecule has 32 heavy (non-hydrogen) atoms. The summed E-state index contributed by atoms with van der Waals surface area (Å²) in [6, 6.07) is 10.2. The number of nitrogen functional groups attached to an aromatic ring is 1. The third-order valence-corrected chi connectivity index (χ3v) is 6.95. The second kappa shape index (κ2) is 9.04. The zero-order chi connectivity index (χ0) is 22.8. The highest BCUT2D eigenvalue weighted by molar-refractivity contribution is 7.21. The van der Waals surface area contributed by atoms with E-state index in [1.165, 1.54) is 11.3 Å². The van der Waals surface area contributed by atoms with E-state index in [-0.39, 0.29) is 5.91 Å². The predicted octanol–water partition coefficient (Wildman–Crippen LogP) is 2.32. The molecule has 1 fully saturated rings. The van der Waals surface area contributed by atoms with Crippen LogP contribution in [-0.4, -0.2) is 62.0 Å². The molecule has 2 amide bonds. The van der Waals surface area contributed by atoms with E-state index in [0.29, 0.717) is 17.0 Å². The Morgan fingerprint density at radius 1 is 1.06 bits per heavy atom. The molecule has 3 heterocycles. The number of primary amides is 1. The molecule has 168 valence electrons. The normalized spacial score (nSPS) is 14.4. The fraction of sp³-hybridized carbons (Fsp3) is 0.348. The molecular formula is C23H28N6O2S. The molecule has 0 radical (unpaired) electrons. The van der Waals surface area contributed by atoms with Gasteiger partial charge in [-0.2, -0.15) is 0 Å². The molecule has 0 saturated carbocycles. The zero-order valence-electron chi connectivity index (χ0n) is 18.4. The number of benzene rings is 1. The van der Waals surface area contributed by atoms with Gasteiger partial charge in [0, 0.05) is 52.2 Å². The minimum atomic E-state index is -0.519. The van der Waals surface area contributed by atoms with Gasteiger partial charge in [-0.25, -0.2) is 4.98 Å². The molecule has 1 saturated heterocycles. The predicted molar refractivity (Wildman–Crippen MR) is 130 cm³/mol. The van der Waals surface area contributed by atoms with Crippen molar-refractivity contribution in [3.63, 3.8) is 0 Å². The quantitative estimate of drug-likeness (QED) is 0.615. The summed E-state index contributed by atoms with van der Waals surface area (Å²) in [6.45, 7) is 3.49. The van der Waals surface area contributed by atoms with Crippen molar-refractivity contribution in [2.75, 3.05) is 55.8 Å². The van der Waals surface area contributed by atoms with Gasteiger partial charge in [-0.05, 0) is 30.2 Å². The van der Waals surface area contributed by atoms with Crippen molar-refractivity contribution < 1.29 is 9.59 Å². The number of pyridine rings is 1. The average Bonchev–Trinajstić information content (AvgIpc) is 2.95. The number of amides is 2. The Labute approximate surface area is 191 Å². The van der Waals surface area contributed by atoms with Crippen molar-refractivity contribution in [1.82, 2.24) is 9.88 Å². The number of likely N-dealkylation sites (N-methyl/N-ethyl adjacent to an activating group) is 1. The Morgan fingerprint density at radius 3 is 2.44 bits per heavy atom. The third-order valence-electron chi connectivity index (χ3n) is 5.82. The van der Waals surface area contributed by atoms with Crippen molar-refractivity contribution in [1.29, 1.82) is 0 Å². The lowest BCUT2D eigenvalue weighted by Crippen LogP contribution is -2.30. The van der Waals surface area contributed by atoms with Gasteiger partial charge in [0.15, 0.2) is 0 Å². The molecule has 0 atom stereocenters. The largest absolute Gasteiger partial charge is 0.397 e.